The fourth-order valence-electron chi connectivity index (χ4n) is 0.151. The zero-order chi connectivity index (χ0) is 14.4. The Bertz CT molecular complexity index is 285. The van der Waals surface area contributed by atoms with Crippen LogP contribution in [-0.2, 0) is 14.4 Å². The maximum atomic E-state index is 9.83. The van der Waals surface area contributed by atoms with Crippen molar-refractivity contribution in [3.8, 4) is 0 Å². The van der Waals surface area contributed by atoms with Crippen molar-refractivity contribution in [1.29, 1.82) is 0 Å². The monoisotopic (exact) mass is 244 g/mol. The molecule has 96 valence electrons. The van der Waals surface area contributed by atoms with E-state index in [1.807, 2.05) is 0 Å². The van der Waals surface area contributed by atoms with Gasteiger partial charge in [-0.05, 0) is 6.42 Å². The molecule has 0 amide bonds. The Kier molecular flexibility index (Phi) is 16.1. The lowest BCUT2D eigenvalue weighted by molar-refractivity contribution is -0.133. The van der Waals surface area contributed by atoms with Gasteiger partial charge < -0.3 is 15.3 Å². The van der Waals surface area contributed by atoms with Crippen molar-refractivity contribution in [1.82, 2.24) is 0 Å². The molecule has 0 aliphatic carbocycles. The van der Waals surface area contributed by atoms with Crippen LogP contribution in [0.1, 0.15) is 13.3 Å². The van der Waals surface area contributed by atoms with Gasteiger partial charge in [0.05, 0.1) is 0 Å². The fraction of sp³-hybridized carbons (Fsp3) is 0.182. The number of carboxylic acid groups (broad SMARTS) is 3. The second-order valence-electron chi connectivity index (χ2n) is 2.35. The summed E-state index contributed by atoms with van der Waals surface area (Å²) in [5.41, 5.74) is 0.264. The van der Waals surface area contributed by atoms with Crippen LogP contribution >= 0.6 is 0 Å². The van der Waals surface area contributed by atoms with Gasteiger partial charge in [-0.25, -0.2) is 14.4 Å². The van der Waals surface area contributed by atoms with Gasteiger partial charge in [0.25, 0.3) is 0 Å². The minimum atomic E-state index is -0.981. The van der Waals surface area contributed by atoms with Crippen molar-refractivity contribution in [3.05, 3.63) is 37.5 Å². The van der Waals surface area contributed by atoms with Gasteiger partial charge in [-0.15, -0.1) is 0 Å². The van der Waals surface area contributed by atoms with Crippen LogP contribution < -0.4 is 0 Å². The molecule has 0 heterocycles. The van der Waals surface area contributed by atoms with Crippen LogP contribution in [0.2, 0.25) is 0 Å². The highest BCUT2D eigenvalue weighted by atomic mass is 16.4. The van der Waals surface area contributed by atoms with Gasteiger partial charge >= 0.3 is 17.9 Å². The Balaban J connectivity index is -0.000000177. The number of aliphatic carboxylic acids is 3. The molecule has 0 aromatic heterocycles. The smallest absolute Gasteiger partial charge is 0.330 e. The average molecular weight is 244 g/mol. The van der Waals surface area contributed by atoms with Crippen molar-refractivity contribution in [2.75, 3.05) is 0 Å². The van der Waals surface area contributed by atoms with Gasteiger partial charge in [-0.1, -0.05) is 26.7 Å². The molecule has 0 radical (unpaired) electrons. The normalized spacial score (nSPS) is 7.12. The average Bonchev–Trinajstić information content (AvgIpc) is 2.29. The summed E-state index contributed by atoms with van der Waals surface area (Å²) in [5, 5.41) is 23.3. The van der Waals surface area contributed by atoms with Gasteiger partial charge in [0.2, 0.25) is 0 Å². The molecule has 6 nitrogen and oxygen atoms in total. The molecule has 3 N–H and O–H groups in total. The second-order valence-corrected chi connectivity index (χ2v) is 2.35. The van der Waals surface area contributed by atoms with E-state index < -0.39 is 17.9 Å². The van der Waals surface area contributed by atoms with E-state index in [1.165, 1.54) is 0 Å². The summed E-state index contributed by atoms with van der Waals surface area (Å²) in [4.78, 5) is 28.3. The van der Waals surface area contributed by atoms with E-state index in [-0.39, 0.29) is 5.57 Å². The molecule has 0 saturated heterocycles. The van der Waals surface area contributed by atoms with Crippen LogP contribution in [0.5, 0.6) is 0 Å². The van der Waals surface area contributed by atoms with Crippen molar-refractivity contribution in [2.24, 2.45) is 0 Å². The molecule has 0 rings (SSSR count). The van der Waals surface area contributed by atoms with Gasteiger partial charge in [-0.3, -0.25) is 0 Å². The van der Waals surface area contributed by atoms with E-state index in [9.17, 15) is 14.4 Å². The number of hydrogen-bond acceptors (Lipinski definition) is 3. The predicted molar refractivity (Wildman–Crippen MR) is 62.7 cm³/mol. The van der Waals surface area contributed by atoms with E-state index >= 15 is 0 Å². The zero-order valence-electron chi connectivity index (χ0n) is 9.55. The van der Waals surface area contributed by atoms with E-state index in [0.717, 1.165) is 12.2 Å². The SMILES string of the molecule is C=C(CC)C(=O)O.C=CC(=O)O.C=CC(=O)O. The van der Waals surface area contributed by atoms with Crippen LogP contribution in [0, 0.1) is 0 Å². The van der Waals surface area contributed by atoms with Crippen molar-refractivity contribution >= 4 is 17.9 Å². The molecule has 0 spiro atoms. The summed E-state index contributed by atoms with van der Waals surface area (Å²) in [6.45, 7) is 11.0. The molecule has 0 saturated carbocycles. The lowest BCUT2D eigenvalue weighted by Crippen LogP contribution is -1.95. The molecule has 0 aliphatic rings. The first-order valence-corrected chi connectivity index (χ1v) is 4.34. The second kappa shape index (κ2) is 13.6. The Hall–Kier alpha value is -2.37. The van der Waals surface area contributed by atoms with Crippen molar-refractivity contribution < 1.29 is 29.7 Å². The van der Waals surface area contributed by atoms with Gasteiger partial charge in [0, 0.05) is 17.7 Å². The minimum Gasteiger partial charge on any atom is -0.478 e. The molecule has 0 unspecified atom stereocenters. The summed E-state index contributed by atoms with van der Waals surface area (Å²) in [7, 11) is 0. The zero-order valence-corrected chi connectivity index (χ0v) is 9.55. The first-order valence-electron chi connectivity index (χ1n) is 4.34. The highest BCUT2D eigenvalue weighted by Gasteiger charge is 1.96. The molecule has 6 heteroatoms. The summed E-state index contributed by atoms with van der Waals surface area (Å²) in [6.07, 6.45) is 2.19. The largest absolute Gasteiger partial charge is 0.478 e. The number of hydrogen-bond donors (Lipinski definition) is 3. The number of carboxylic acids is 3. The Labute approximate surface area is 99.2 Å². The Morgan fingerprint density at radius 2 is 1.24 bits per heavy atom. The first-order chi connectivity index (χ1) is 7.72. The first kappa shape index (κ1) is 20.1. The third kappa shape index (κ3) is 31.7. The number of rotatable bonds is 4. The predicted octanol–water partition coefficient (Wildman–Crippen LogP) is 1.55. The minimum absolute atomic E-state index is 0.264. The quantitative estimate of drug-likeness (QED) is 0.647. The molecule has 0 aromatic rings. The van der Waals surface area contributed by atoms with Gasteiger partial charge in [0.15, 0.2) is 0 Å². The van der Waals surface area contributed by atoms with Crippen molar-refractivity contribution in [2.45, 2.75) is 13.3 Å². The molecule has 0 aromatic carbocycles. The molecule has 17 heavy (non-hydrogen) atoms. The lowest BCUT2D eigenvalue weighted by Gasteiger charge is -1.87. The van der Waals surface area contributed by atoms with E-state index in [0.29, 0.717) is 6.42 Å². The van der Waals surface area contributed by atoms with E-state index in [1.54, 1.807) is 6.92 Å². The fourth-order valence-corrected chi connectivity index (χ4v) is 0.151. The molecule has 0 fully saturated rings. The molecular formula is C11H16O6. The van der Waals surface area contributed by atoms with Crippen LogP contribution in [0.3, 0.4) is 0 Å². The highest BCUT2D eigenvalue weighted by Crippen LogP contribution is 1.93. The summed E-state index contributed by atoms with van der Waals surface area (Å²) in [5.74, 6) is -2.86. The van der Waals surface area contributed by atoms with Crippen LogP contribution in [0.4, 0.5) is 0 Å². The van der Waals surface area contributed by atoms with Crippen LogP contribution in [0.25, 0.3) is 0 Å². The Morgan fingerprint density at radius 3 is 1.24 bits per heavy atom. The maximum Gasteiger partial charge on any atom is 0.330 e. The highest BCUT2D eigenvalue weighted by molar-refractivity contribution is 5.85. The van der Waals surface area contributed by atoms with Crippen LogP contribution in [0.15, 0.2) is 37.5 Å². The van der Waals surface area contributed by atoms with Crippen LogP contribution in [-0.4, -0.2) is 33.2 Å². The van der Waals surface area contributed by atoms with E-state index in [2.05, 4.69) is 19.7 Å². The molecule has 0 atom stereocenters. The molecular weight excluding hydrogens is 228 g/mol. The topological polar surface area (TPSA) is 112 Å². The summed E-state index contributed by atoms with van der Waals surface area (Å²) < 4.78 is 0. The maximum absolute atomic E-state index is 9.83. The lowest BCUT2D eigenvalue weighted by atomic mass is 10.2. The van der Waals surface area contributed by atoms with Gasteiger partial charge in [0.1, 0.15) is 0 Å². The molecule has 0 bridgehead atoms. The summed E-state index contributed by atoms with van der Waals surface area (Å²) >= 11 is 0. The summed E-state index contributed by atoms with van der Waals surface area (Å²) in [6, 6.07) is 0. The van der Waals surface area contributed by atoms with Gasteiger partial charge in [-0.2, -0.15) is 0 Å². The standard InChI is InChI=1S/C5H8O2.2C3H4O2/c1-3-4(2)5(6)7;2*1-2-3(4)5/h2-3H2,1H3,(H,6,7);2*2H,1H2,(H,4,5). The van der Waals surface area contributed by atoms with E-state index in [4.69, 9.17) is 15.3 Å². The number of carbonyl (C=O) groups is 3. The molecule has 0 aliphatic heterocycles. The Morgan fingerprint density at radius 1 is 1.00 bits per heavy atom. The third-order valence-electron chi connectivity index (χ3n) is 1.08. The third-order valence-corrected chi connectivity index (χ3v) is 1.08. The van der Waals surface area contributed by atoms with Crippen molar-refractivity contribution in [3.63, 3.8) is 0 Å².